The topological polar surface area (TPSA) is 82.5 Å². The summed E-state index contributed by atoms with van der Waals surface area (Å²) in [4.78, 5) is 14.8. The standard InChI is InChI=1S/C11H16N2O3/c1-2-8(14)5-7-13-10-9(11(15)16)4-3-6-12-10/h3-4,6,8,14H,2,5,7H2,1H3,(H,12,13)(H,15,16). The van der Waals surface area contributed by atoms with E-state index in [-0.39, 0.29) is 11.7 Å². The van der Waals surface area contributed by atoms with Crippen LogP contribution in [0, 0.1) is 0 Å². The number of nitrogens with one attached hydrogen (secondary N) is 1. The van der Waals surface area contributed by atoms with Gasteiger partial charge in [0, 0.05) is 12.7 Å². The second kappa shape index (κ2) is 6.07. The number of anilines is 1. The molecule has 88 valence electrons. The van der Waals surface area contributed by atoms with E-state index in [0.717, 1.165) is 0 Å². The first-order valence-electron chi connectivity index (χ1n) is 5.25. The van der Waals surface area contributed by atoms with Crippen molar-refractivity contribution < 1.29 is 15.0 Å². The zero-order chi connectivity index (χ0) is 12.0. The maximum atomic E-state index is 10.8. The monoisotopic (exact) mass is 224 g/mol. The van der Waals surface area contributed by atoms with E-state index >= 15 is 0 Å². The summed E-state index contributed by atoms with van der Waals surface area (Å²) in [5, 5.41) is 21.1. The normalized spacial score (nSPS) is 12.1. The number of carboxylic acid groups (broad SMARTS) is 1. The van der Waals surface area contributed by atoms with Crippen molar-refractivity contribution >= 4 is 11.8 Å². The van der Waals surface area contributed by atoms with Crippen LogP contribution in [-0.4, -0.2) is 33.8 Å². The first kappa shape index (κ1) is 12.4. The van der Waals surface area contributed by atoms with E-state index in [9.17, 15) is 9.90 Å². The highest BCUT2D eigenvalue weighted by molar-refractivity contribution is 5.92. The molecule has 5 nitrogen and oxygen atoms in total. The maximum Gasteiger partial charge on any atom is 0.339 e. The zero-order valence-corrected chi connectivity index (χ0v) is 9.18. The van der Waals surface area contributed by atoms with Crippen LogP contribution in [0.2, 0.25) is 0 Å². The Balaban J connectivity index is 2.56. The fourth-order valence-corrected chi connectivity index (χ4v) is 1.28. The van der Waals surface area contributed by atoms with Gasteiger partial charge in [-0.3, -0.25) is 0 Å². The van der Waals surface area contributed by atoms with Gasteiger partial charge in [-0.25, -0.2) is 9.78 Å². The van der Waals surface area contributed by atoms with Crippen LogP contribution >= 0.6 is 0 Å². The van der Waals surface area contributed by atoms with Gasteiger partial charge in [0.15, 0.2) is 0 Å². The average molecular weight is 224 g/mol. The van der Waals surface area contributed by atoms with Gasteiger partial charge in [-0.2, -0.15) is 0 Å². The summed E-state index contributed by atoms with van der Waals surface area (Å²) in [6.07, 6.45) is 2.44. The van der Waals surface area contributed by atoms with Gasteiger partial charge in [-0.15, -0.1) is 0 Å². The van der Waals surface area contributed by atoms with Gasteiger partial charge in [-0.05, 0) is 25.0 Å². The minimum atomic E-state index is -1.01. The molecule has 0 fully saturated rings. The number of aromatic carboxylic acids is 1. The van der Waals surface area contributed by atoms with Gasteiger partial charge in [0.25, 0.3) is 0 Å². The second-order valence-electron chi connectivity index (χ2n) is 3.48. The molecule has 0 bridgehead atoms. The van der Waals surface area contributed by atoms with Crippen LogP contribution in [0.15, 0.2) is 18.3 Å². The van der Waals surface area contributed by atoms with Gasteiger partial charge in [0.05, 0.1) is 6.10 Å². The summed E-state index contributed by atoms with van der Waals surface area (Å²) in [6, 6.07) is 3.07. The Bertz CT molecular complexity index is 355. The van der Waals surface area contributed by atoms with Crippen molar-refractivity contribution in [2.45, 2.75) is 25.9 Å². The minimum absolute atomic E-state index is 0.147. The van der Waals surface area contributed by atoms with Gasteiger partial charge < -0.3 is 15.5 Å². The molecular weight excluding hydrogens is 208 g/mol. The summed E-state index contributed by atoms with van der Waals surface area (Å²) in [5.74, 6) is -0.662. The number of rotatable bonds is 6. The first-order valence-corrected chi connectivity index (χ1v) is 5.25. The lowest BCUT2D eigenvalue weighted by atomic mass is 10.2. The van der Waals surface area contributed by atoms with Crippen molar-refractivity contribution in [3.63, 3.8) is 0 Å². The summed E-state index contributed by atoms with van der Waals surface area (Å²) < 4.78 is 0. The molecule has 3 N–H and O–H groups in total. The Labute approximate surface area is 94.1 Å². The minimum Gasteiger partial charge on any atom is -0.478 e. The predicted octanol–water partition coefficient (Wildman–Crippen LogP) is 1.35. The van der Waals surface area contributed by atoms with Crippen LogP contribution in [0.25, 0.3) is 0 Å². The van der Waals surface area contributed by atoms with Crippen LogP contribution in [0.5, 0.6) is 0 Å². The predicted molar refractivity (Wildman–Crippen MR) is 60.6 cm³/mol. The molecule has 1 aromatic heterocycles. The summed E-state index contributed by atoms with van der Waals surface area (Å²) in [5.41, 5.74) is 0.147. The number of aromatic nitrogens is 1. The number of carboxylic acids is 1. The molecule has 0 saturated carbocycles. The van der Waals surface area contributed by atoms with E-state index in [1.807, 2.05) is 6.92 Å². The second-order valence-corrected chi connectivity index (χ2v) is 3.48. The van der Waals surface area contributed by atoms with Crippen molar-refractivity contribution in [3.05, 3.63) is 23.9 Å². The maximum absolute atomic E-state index is 10.8. The van der Waals surface area contributed by atoms with Gasteiger partial charge in [0.1, 0.15) is 11.4 Å². The smallest absolute Gasteiger partial charge is 0.339 e. The summed E-state index contributed by atoms with van der Waals surface area (Å²) in [6.45, 7) is 2.40. The lowest BCUT2D eigenvalue weighted by Gasteiger charge is -2.10. The van der Waals surface area contributed by atoms with E-state index < -0.39 is 5.97 Å². The summed E-state index contributed by atoms with van der Waals surface area (Å²) >= 11 is 0. The third-order valence-corrected chi connectivity index (χ3v) is 2.28. The van der Waals surface area contributed by atoms with Crippen molar-refractivity contribution in [1.29, 1.82) is 0 Å². The molecule has 0 spiro atoms. The van der Waals surface area contributed by atoms with Gasteiger partial charge in [0.2, 0.25) is 0 Å². The fourth-order valence-electron chi connectivity index (χ4n) is 1.28. The van der Waals surface area contributed by atoms with Crippen LogP contribution in [0.4, 0.5) is 5.82 Å². The Kier molecular flexibility index (Phi) is 4.72. The third-order valence-electron chi connectivity index (χ3n) is 2.28. The summed E-state index contributed by atoms with van der Waals surface area (Å²) in [7, 11) is 0. The molecule has 0 aliphatic carbocycles. The highest BCUT2D eigenvalue weighted by Crippen LogP contribution is 2.11. The average Bonchev–Trinajstić information content (AvgIpc) is 2.29. The zero-order valence-electron chi connectivity index (χ0n) is 9.18. The molecule has 0 aromatic carbocycles. The molecule has 1 rings (SSSR count). The Hall–Kier alpha value is -1.62. The number of carbonyl (C=O) groups is 1. The largest absolute Gasteiger partial charge is 0.478 e. The van der Waals surface area contributed by atoms with E-state index in [0.29, 0.717) is 25.2 Å². The molecule has 16 heavy (non-hydrogen) atoms. The molecule has 0 aliphatic heterocycles. The fraction of sp³-hybridized carbons (Fsp3) is 0.455. The lowest BCUT2D eigenvalue weighted by molar-refractivity contribution is 0.0697. The van der Waals surface area contributed by atoms with E-state index in [1.54, 1.807) is 6.07 Å². The number of nitrogens with zero attached hydrogens (tertiary/aromatic N) is 1. The Morgan fingerprint density at radius 3 is 3.00 bits per heavy atom. The molecule has 0 amide bonds. The van der Waals surface area contributed by atoms with E-state index in [2.05, 4.69) is 10.3 Å². The van der Waals surface area contributed by atoms with Crippen LogP contribution in [0.1, 0.15) is 30.1 Å². The molecule has 1 atom stereocenters. The van der Waals surface area contributed by atoms with Gasteiger partial charge >= 0.3 is 5.97 Å². The highest BCUT2D eigenvalue weighted by atomic mass is 16.4. The Morgan fingerprint density at radius 1 is 1.62 bits per heavy atom. The van der Waals surface area contributed by atoms with Gasteiger partial charge in [-0.1, -0.05) is 6.92 Å². The van der Waals surface area contributed by atoms with Crippen LogP contribution in [-0.2, 0) is 0 Å². The lowest BCUT2D eigenvalue weighted by Crippen LogP contribution is -2.14. The van der Waals surface area contributed by atoms with Crippen molar-refractivity contribution in [2.24, 2.45) is 0 Å². The molecular formula is C11H16N2O3. The van der Waals surface area contributed by atoms with Crippen molar-refractivity contribution in [2.75, 3.05) is 11.9 Å². The third kappa shape index (κ3) is 3.51. The molecule has 1 aromatic rings. The molecule has 0 aliphatic rings. The number of aliphatic hydroxyl groups excluding tert-OH is 1. The van der Waals surface area contributed by atoms with Crippen LogP contribution in [0.3, 0.4) is 0 Å². The van der Waals surface area contributed by atoms with Crippen LogP contribution < -0.4 is 5.32 Å². The SMILES string of the molecule is CCC(O)CCNc1ncccc1C(=O)O. The van der Waals surface area contributed by atoms with E-state index in [1.165, 1.54) is 12.3 Å². The van der Waals surface area contributed by atoms with Crippen molar-refractivity contribution in [3.8, 4) is 0 Å². The van der Waals surface area contributed by atoms with E-state index in [4.69, 9.17) is 5.11 Å². The highest BCUT2D eigenvalue weighted by Gasteiger charge is 2.10. The quantitative estimate of drug-likeness (QED) is 0.679. The molecule has 0 radical (unpaired) electrons. The Morgan fingerprint density at radius 2 is 2.38 bits per heavy atom. The number of pyridine rings is 1. The molecule has 5 heteroatoms. The number of hydrogen-bond acceptors (Lipinski definition) is 4. The molecule has 1 heterocycles. The molecule has 1 unspecified atom stereocenters. The number of hydrogen-bond donors (Lipinski definition) is 3. The number of aliphatic hydroxyl groups is 1. The first-order chi connectivity index (χ1) is 7.65. The molecule has 0 saturated heterocycles. The van der Waals surface area contributed by atoms with Crippen molar-refractivity contribution in [1.82, 2.24) is 4.98 Å².